The standard InChI is InChI=1S/C16H24N4O2.ClH/c1-20(12-13-5-3-2-4-6-13)16(22)18-8-7-15(21)19-11-14-9-17-10-14;/h2-6,14,17H,7-12H2,1H3,(H,18,22)(H,19,21);1H. The van der Waals surface area contributed by atoms with E-state index in [4.69, 9.17) is 0 Å². The van der Waals surface area contributed by atoms with Crippen LogP contribution in [0, 0.1) is 5.92 Å². The van der Waals surface area contributed by atoms with Crippen LogP contribution in [-0.4, -0.2) is 50.1 Å². The lowest BCUT2D eigenvalue weighted by Gasteiger charge is -2.27. The molecule has 0 bridgehead atoms. The first-order valence-corrected chi connectivity index (χ1v) is 7.65. The largest absolute Gasteiger partial charge is 0.356 e. The molecular formula is C16H25ClN4O2. The van der Waals surface area contributed by atoms with E-state index < -0.39 is 0 Å². The molecule has 0 spiro atoms. The van der Waals surface area contributed by atoms with Crippen LogP contribution in [-0.2, 0) is 11.3 Å². The molecule has 128 valence electrons. The number of rotatable bonds is 7. The second-order valence-corrected chi connectivity index (χ2v) is 5.65. The summed E-state index contributed by atoms with van der Waals surface area (Å²) in [5.74, 6) is 0.536. The maximum absolute atomic E-state index is 11.9. The molecule has 0 aliphatic carbocycles. The zero-order valence-corrected chi connectivity index (χ0v) is 14.2. The van der Waals surface area contributed by atoms with Gasteiger partial charge in [0.1, 0.15) is 0 Å². The average Bonchev–Trinajstić information content (AvgIpc) is 2.46. The van der Waals surface area contributed by atoms with Gasteiger partial charge in [-0.2, -0.15) is 0 Å². The molecule has 1 aromatic carbocycles. The Hall–Kier alpha value is -1.79. The van der Waals surface area contributed by atoms with Crippen LogP contribution in [0.3, 0.4) is 0 Å². The van der Waals surface area contributed by atoms with Crippen LogP contribution in [0.2, 0.25) is 0 Å². The molecule has 0 unspecified atom stereocenters. The van der Waals surface area contributed by atoms with Gasteiger partial charge in [-0.05, 0) is 5.56 Å². The molecule has 1 saturated heterocycles. The predicted octanol–water partition coefficient (Wildman–Crippen LogP) is 0.975. The zero-order valence-electron chi connectivity index (χ0n) is 13.4. The summed E-state index contributed by atoms with van der Waals surface area (Å²) >= 11 is 0. The van der Waals surface area contributed by atoms with Crippen LogP contribution in [0.25, 0.3) is 0 Å². The van der Waals surface area contributed by atoms with Crippen molar-refractivity contribution < 1.29 is 9.59 Å². The van der Waals surface area contributed by atoms with Gasteiger partial charge >= 0.3 is 6.03 Å². The molecule has 3 amide bonds. The summed E-state index contributed by atoms with van der Waals surface area (Å²) in [6, 6.07) is 9.63. The summed E-state index contributed by atoms with van der Waals surface area (Å²) in [7, 11) is 1.74. The number of nitrogens with zero attached hydrogens (tertiary/aromatic N) is 1. The van der Waals surface area contributed by atoms with Gasteiger partial charge in [0.05, 0.1) is 0 Å². The molecule has 3 N–H and O–H groups in total. The number of hydrogen-bond acceptors (Lipinski definition) is 3. The number of carbonyl (C=O) groups excluding carboxylic acids is 2. The monoisotopic (exact) mass is 340 g/mol. The van der Waals surface area contributed by atoms with Gasteiger partial charge in [-0.3, -0.25) is 4.79 Å². The Morgan fingerprint density at radius 2 is 1.91 bits per heavy atom. The Kier molecular flexibility index (Phi) is 8.43. The third kappa shape index (κ3) is 6.88. The lowest BCUT2D eigenvalue weighted by molar-refractivity contribution is -0.121. The SMILES string of the molecule is CN(Cc1ccccc1)C(=O)NCCC(=O)NCC1CNC1.Cl. The van der Waals surface area contributed by atoms with E-state index in [2.05, 4.69) is 16.0 Å². The van der Waals surface area contributed by atoms with E-state index in [0.717, 1.165) is 18.7 Å². The second kappa shape index (κ2) is 10.1. The molecule has 1 aliphatic heterocycles. The van der Waals surface area contributed by atoms with Gasteiger partial charge in [-0.15, -0.1) is 12.4 Å². The van der Waals surface area contributed by atoms with E-state index in [1.807, 2.05) is 30.3 Å². The van der Waals surface area contributed by atoms with Crippen molar-refractivity contribution in [1.82, 2.24) is 20.9 Å². The summed E-state index contributed by atoms with van der Waals surface area (Å²) in [5, 5.41) is 8.81. The van der Waals surface area contributed by atoms with Crippen molar-refractivity contribution in [3.8, 4) is 0 Å². The maximum Gasteiger partial charge on any atom is 0.317 e. The van der Waals surface area contributed by atoms with E-state index in [1.165, 1.54) is 0 Å². The van der Waals surface area contributed by atoms with Crippen molar-refractivity contribution in [1.29, 1.82) is 0 Å². The van der Waals surface area contributed by atoms with E-state index in [-0.39, 0.29) is 24.3 Å². The lowest BCUT2D eigenvalue weighted by atomic mass is 10.0. The Balaban J connectivity index is 0.00000264. The predicted molar refractivity (Wildman–Crippen MR) is 92.5 cm³/mol. The molecule has 0 radical (unpaired) electrons. The minimum atomic E-state index is -0.167. The number of halogens is 1. The highest BCUT2D eigenvalue weighted by Gasteiger charge is 2.17. The molecule has 0 atom stereocenters. The Morgan fingerprint density at radius 1 is 1.22 bits per heavy atom. The highest BCUT2D eigenvalue weighted by molar-refractivity contribution is 5.85. The molecule has 6 nitrogen and oxygen atoms in total. The number of hydrogen-bond donors (Lipinski definition) is 3. The summed E-state index contributed by atoms with van der Waals surface area (Å²) in [6.07, 6.45) is 0.311. The first kappa shape index (κ1) is 19.3. The molecule has 0 saturated carbocycles. The topological polar surface area (TPSA) is 73.5 Å². The van der Waals surface area contributed by atoms with Gasteiger partial charge in [0.25, 0.3) is 0 Å². The van der Waals surface area contributed by atoms with Crippen LogP contribution >= 0.6 is 12.4 Å². The average molecular weight is 341 g/mol. The molecule has 1 aromatic rings. The smallest absolute Gasteiger partial charge is 0.317 e. The Bertz CT molecular complexity index is 494. The van der Waals surface area contributed by atoms with Crippen LogP contribution in [0.4, 0.5) is 4.79 Å². The molecule has 23 heavy (non-hydrogen) atoms. The third-order valence-corrected chi connectivity index (χ3v) is 3.69. The minimum Gasteiger partial charge on any atom is -0.356 e. The molecule has 1 fully saturated rings. The van der Waals surface area contributed by atoms with Crippen LogP contribution in [0.15, 0.2) is 30.3 Å². The first-order chi connectivity index (χ1) is 10.6. The van der Waals surface area contributed by atoms with Gasteiger partial charge in [-0.1, -0.05) is 30.3 Å². The summed E-state index contributed by atoms with van der Waals surface area (Å²) in [4.78, 5) is 25.2. The fourth-order valence-electron chi connectivity index (χ4n) is 2.19. The van der Waals surface area contributed by atoms with Crippen molar-refractivity contribution in [2.24, 2.45) is 5.92 Å². The van der Waals surface area contributed by atoms with Crippen LogP contribution in [0.5, 0.6) is 0 Å². The van der Waals surface area contributed by atoms with Crippen molar-refractivity contribution in [2.45, 2.75) is 13.0 Å². The number of urea groups is 1. The number of carbonyl (C=O) groups is 2. The lowest BCUT2D eigenvalue weighted by Crippen LogP contribution is -2.48. The minimum absolute atomic E-state index is 0. The molecule has 0 aromatic heterocycles. The summed E-state index contributed by atoms with van der Waals surface area (Å²) in [5.41, 5.74) is 1.08. The molecule has 1 heterocycles. The fraction of sp³-hybridized carbons (Fsp3) is 0.500. The fourth-order valence-corrected chi connectivity index (χ4v) is 2.19. The normalized spacial score (nSPS) is 13.4. The van der Waals surface area contributed by atoms with E-state index >= 15 is 0 Å². The first-order valence-electron chi connectivity index (χ1n) is 7.65. The maximum atomic E-state index is 11.9. The van der Waals surface area contributed by atoms with E-state index in [0.29, 0.717) is 32.0 Å². The van der Waals surface area contributed by atoms with Crippen molar-refractivity contribution >= 4 is 24.3 Å². The zero-order chi connectivity index (χ0) is 15.8. The third-order valence-electron chi connectivity index (χ3n) is 3.69. The number of amides is 3. The molecule has 1 aliphatic rings. The van der Waals surface area contributed by atoms with Gasteiger partial charge in [0.2, 0.25) is 5.91 Å². The van der Waals surface area contributed by atoms with Crippen molar-refractivity contribution in [3.05, 3.63) is 35.9 Å². The summed E-state index contributed by atoms with van der Waals surface area (Å²) in [6.45, 7) is 3.57. The van der Waals surface area contributed by atoms with Crippen molar-refractivity contribution in [3.63, 3.8) is 0 Å². The Morgan fingerprint density at radius 3 is 2.52 bits per heavy atom. The van der Waals surface area contributed by atoms with E-state index in [1.54, 1.807) is 11.9 Å². The van der Waals surface area contributed by atoms with Crippen LogP contribution in [0.1, 0.15) is 12.0 Å². The number of nitrogens with one attached hydrogen (secondary N) is 3. The highest BCUT2D eigenvalue weighted by Crippen LogP contribution is 2.02. The molecule has 7 heteroatoms. The Labute approximate surface area is 143 Å². The molecule has 2 rings (SSSR count). The van der Waals surface area contributed by atoms with Crippen molar-refractivity contribution in [2.75, 3.05) is 33.2 Å². The second-order valence-electron chi connectivity index (χ2n) is 5.65. The highest BCUT2D eigenvalue weighted by atomic mass is 35.5. The number of benzene rings is 1. The van der Waals surface area contributed by atoms with E-state index in [9.17, 15) is 9.59 Å². The quantitative estimate of drug-likeness (QED) is 0.692. The summed E-state index contributed by atoms with van der Waals surface area (Å²) < 4.78 is 0. The van der Waals surface area contributed by atoms with Crippen LogP contribution < -0.4 is 16.0 Å². The molecular weight excluding hydrogens is 316 g/mol. The van der Waals surface area contributed by atoms with Gasteiger partial charge in [0.15, 0.2) is 0 Å². The van der Waals surface area contributed by atoms with Gasteiger partial charge in [0, 0.05) is 52.1 Å². The van der Waals surface area contributed by atoms with Gasteiger partial charge < -0.3 is 20.9 Å². The van der Waals surface area contributed by atoms with Gasteiger partial charge in [-0.25, -0.2) is 4.79 Å².